The van der Waals surface area contributed by atoms with Crippen molar-refractivity contribution in [1.82, 2.24) is 5.32 Å². The highest BCUT2D eigenvalue weighted by molar-refractivity contribution is 7.92. The number of hydrogen-bond acceptors (Lipinski definition) is 3. The minimum absolute atomic E-state index is 0.201. The Bertz CT molecular complexity index is 828. The average Bonchev–Trinajstić information content (AvgIpc) is 2.53. The maximum Gasteiger partial charge on any atom is 0.241 e. The summed E-state index contributed by atoms with van der Waals surface area (Å²) in [4.78, 5) is 12.5. The van der Waals surface area contributed by atoms with Crippen molar-refractivity contribution >= 4 is 21.6 Å². The molecule has 1 amide bonds. The van der Waals surface area contributed by atoms with Crippen molar-refractivity contribution in [3.8, 4) is 0 Å². The number of rotatable bonds is 6. The number of carbonyl (C=O) groups is 1. The van der Waals surface area contributed by atoms with Crippen LogP contribution >= 0.6 is 0 Å². The van der Waals surface area contributed by atoms with Crippen LogP contribution in [0.2, 0.25) is 0 Å². The zero-order valence-corrected chi connectivity index (χ0v) is 15.8. The molecule has 134 valence electrons. The molecule has 1 N–H and O–H groups in total. The summed E-state index contributed by atoms with van der Waals surface area (Å²) in [5.74, 6) is -0.343. The fourth-order valence-corrected chi connectivity index (χ4v) is 3.78. The van der Waals surface area contributed by atoms with E-state index in [9.17, 15) is 13.2 Å². The second-order valence-corrected chi connectivity index (χ2v) is 8.12. The van der Waals surface area contributed by atoms with E-state index in [1.165, 1.54) is 4.31 Å². The third-order valence-corrected chi connectivity index (χ3v) is 5.17. The summed E-state index contributed by atoms with van der Waals surface area (Å²) in [5, 5.41) is 2.86. The second-order valence-electron chi connectivity index (χ2n) is 6.21. The Hall–Kier alpha value is -2.34. The van der Waals surface area contributed by atoms with E-state index in [1.807, 2.05) is 69.3 Å². The van der Waals surface area contributed by atoms with Crippen LogP contribution in [-0.4, -0.2) is 27.1 Å². The number of anilines is 1. The van der Waals surface area contributed by atoms with Crippen LogP contribution < -0.4 is 9.62 Å². The van der Waals surface area contributed by atoms with Crippen LogP contribution in [0.4, 0.5) is 5.69 Å². The highest BCUT2D eigenvalue weighted by Crippen LogP contribution is 2.26. The molecule has 1 unspecified atom stereocenters. The highest BCUT2D eigenvalue weighted by Gasteiger charge is 2.24. The fraction of sp³-hybridized carbons (Fsp3) is 0.316. The van der Waals surface area contributed by atoms with Crippen LogP contribution in [0.1, 0.15) is 29.7 Å². The maximum absolute atomic E-state index is 12.5. The molecule has 6 heteroatoms. The molecule has 2 rings (SSSR count). The molecule has 0 heterocycles. The number of sulfonamides is 1. The lowest BCUT2D eigenvalue weighted by atomic mass is 10.1. The Balaban J connectivity index is 2.22. The molecule has 0 aromatic heterocycles. The quantitative estimate of drug-likeness (QED) is 0.861. The van der Waals surface area contributed by atoms with Gasteiger partial charge in [0.25, 0.3) is 0 Å². The summed E-state index contributed by atoms with van der Waals surface area (Å²) in [6.45, 7) is 5.30. The Kier molecular flexibility index (Phi) is 5.85. The lowest BCUT2D eigenvalue weighted by Crippen LogP contribution is -2.41. The number of amides is 1. The van der Waals surface area contributed by atoms with E-state index in [0.29, 0.717) is 5.69 Å². The van der Waals surface area contributed by atoms with Gasteiger partial charge in [-0.1, -0.05) is 48.5 Å². The van der Waals surface area contributed by atoms with Gasteiger partial charge in [-0.3, -0.25) is 9.10 Å². The van der Waals surface area contributed by atoms with E-state index in [0.717, 1.165) is 22.9 Å². The molecule has 0 radical (unpaired) electrons. The number of carbonyl (C=O) groups excluding carboxylic acids is 1. The van der Waals surface area contributed by atoms with E-state index in [1.54, 1.807) is 0 Å². The number of nitrogens with one attached hydrogen (secondary N) is 1. The molecule has 2 aromatic rings. The van der Waals surface area contributed by atoms with Gasteiger partial charge in [-0.05, 0) is 37.5 Å². The molecule has 0 aliphatic heterocycles. The average molecular weight is 360 g/mol. The van der Waals surface area contributed by atoms with Gasteiger partial charge in [0, 0.05) is 0 Å². The first-order valence-corrected chi connectivity index (χ1v) is 9.93. The standard InChI is InChI=1S/C19H24N2O3S/c1-14-9-8-10-15(2)19(14)21(25(4,23)24)13-18(22)20-16(3)17-11-6-5-7-12-17/h5-12,16H,13H2,1-4H3,(H,20,22). The third kappa shape index (κ3) is 4.82. The molecule has 25 heavy (non-hydrogen) atoms. The molecule has 0 spiro atoms. The fourth-order valence-electron chi connectivity index (χ4n) is 2.80. The third-order valence-electron chi connectivity index (χ3n) is 4.05. The summed E-state index contributed by atoms with van der Waals surface area (Å²) in [7, 11) is -3.59. The van der Waals surface area contributed by atoms with Gasteiger partial charge in [-0.2, -0.15) is 0 Å². The van der Waals surface area contributed by atoms with E-state index in [2.05, 4.69) is 5.32 Å². The number of hydrogen-bond donors (Lipinski definition) is 1. The predicted octanol–water partition coefficient (Wildman–Crippen LogP) is 2.95. The summed E-state index contributed by atoms with van der Waals surface area (Å²) in [5.41, 5.74) is 3.16. The van der Waals surface area contributed by atoms with Crippen LogP contribution in [0.3, 0.4) is 0 Å². The van der Waals surface area contributed by atoms with Crippen LogP contribution in [0.5, 0.6) is 0 Å². The predicted molar refractivity (Wildman–Crippen MR) is 101 cm³/mol. The van der Waals surface area contributed by atoms with Gasteiger partial charge >= 0.3 is 0 Å². The molecule has 1 atom stereocenters. The molecule has 0 fully saturated rings. The summed E-state index contributed by atoms with van der Waals surface area (Å²) in [6.07, 6.45) is 1.12. The topological polar surface area (TPSA) is 66.5 Å². The van der Waals surface area contributed by atoms with E-state index in [4.69, 9.17) is 0 Å². The van der Waals surface area contributed by atoms with Crippen molar-refractivity contribution in [2.75, 3.05) is 17.1 Å². The molecule has 0 saturated carbocycles. The van der Waals surface area contributed by atoms with E-state index in [-0.39, 0.29) is 18.5 Å². The first kappa shape index (κ1) is 19.0. The van der Waals surface area contributed by atoms with E-state index < -0.39 is 10.0 Å². The van der Waals surface area contributed by atoms with Gasteiger partial charge in [-0.25, -0.2) is 8.42 Å². The van der Waals surface area contributed by atoms with Crippen LogP contribution in [0, 0.1) is 13.8 Å². The number of nitrogens with zero attached hydrogens (tertiary/aromatic N) is 1. The minimum atomic E-state index is -3.59. The lowest BCUT2D eigenvalue weighted by Gasteiger charge is -2.26. The normalized spacial score (nSPS) is 12.5. The van der Waals surface area contributed by atoms with Gasteiger partial charge in [-0.15, -0.1) is 0 Å². The smallest absolute Gasteiger partial charge is 0.241 e. The number of para-hydroxylation sites is 1. The molecule has 0 bridgehead atoms. The molecule has 2 aromatic carbocycles. The second kappa shape index (κ2) is 7.70. The van der Waals surface area contributed by atoms with Crippen molar-refractivity contribution in [3.63, 3.8) is 0 Å². The lowest BCUT2D eigenvalue weighted by molar-refractivity contribution is -0.120. The molecule has 5 nitrogen and oxygen atoms in total. The van der Waals surface area contributed by atoms with Crippen LogP contribution in [0.25, 0.3) is 0 Å². The van der Waals surface area contributed by atoms with Crippen molar-refractivity contribution in [2.24, 2.45) is 0 Å². The number of aryl methyl sites for hydroxylation is 2. The van der Waals surface area contributed by atoms with Gasteiger partial charge in [0.15, 0.2) is 0 Å². The van der Waals surface area contributed by atoms with E-state index >= 15 is 0 Å². The Morgan fingerprint density at radius 2 is 1.60 bits per heavy atom. The monoisotopic (exact) mass is 360 g/mol. The Morgan fingerprint density at radius 1 is 1.04 bits per heavy atom. The van der Waals surface area contributed by atoms with Gasteiger partial charge < -0.3 is 5.32 Å². The molecular formula is C19H24N2O3S. The minimum Gasteiger partial charge on any atom is -0.348 e. The molecule has 0 aliphatic rings. The van der Waals surface area contributed by atoms with Crippen molar-refractivity contribution < 1.29 is 13.2 Å². The zero-order valence-electron chi connectivity index (χ0n) is 15.0. The summed E-state index contributed by atoms with van der Waals surface area (Å²) in [6, 6.07) is 14.9. The zero-order chi connectivity index (χ0) is 18.6. The van der Waals surface area contributed by atoms with Crippen LogP contribution in [0.15, 0.2) is 48.5 Å². The molecular weight excluding hydrogens is 336 g/mol. The Morgan fingerprint density at radius 3 is 2.12 bits per heavy atom. The Labute approximate surface area is 149 Å². The highest BCUT2D eigenvalue weighted by atomic mass is 32.2. The van der Waals surface area contributed by atoms with Crippen LogP contribution in [-0.2, 0) is 14.8 Å². The van der Waals surface area contributed by atoms with Gasteiger partial charge in [0.05, 0.1) is 18.0 Å². The maximum atomic E-state index is 12.5. The SMILES string of the molecule is Cc1cccc(C)c1N(CC(=O)NC(C)c1ccccc1)S(C)(=O)=O. The van der Waals surface area contributed by atoms with Gasteiger partial charge in [0.2, 0.25) is 15.9 Å². The van der Waals surface area contributed by atoms with Crippen molar-refractivity contribution in [3.05, 3.63) is 65.2 Å². The van der Waals surface area contributed by atoms with Crippen molar-refractivity contribution in [2.45, 2.75) is 26.8 Å². The van der Waals surface area contributed by atoms with Crippen molar-refractivity contribution in [1.29, 1.82) is 0 Å². The molecule has 0 aliphatic carbocycles. The first-order valence-electron chi connectivity index (χ1n) is 8.08. The number of benzene rings is 2. The summed E-state index contributed by atoms with van der Waals surface area (Å²) < 4.78 is 25.7. The largest absolute Gasteiger partial charge is 0.348 e. The summed E-state index contributed by atoms with van der Waals surface area (Å²) >= 11 is 0. The molecule has 0 saturated heterocycles. The van der Waals surface area contributed by atoms with Gasteiger partial charge in [0.1, 0.15) is 6.54 Å². The first-order chi connectivity index (χ1) is 11.7.